The molecule has 63 valence electrons. The summed E-state index contributed by atoms with van der Waals surface area (Å²) >= 11 is 0. The summed E-state index contributed by atoms with van der Waals surface area (Å²) in [5.74, 6) is -3.54. The Labute approximate surface area is 113 Å². The van der Waals surface area contributed by atoms with Crippen molar-refractivity contribution in [3.8, 4) is 0 Å². The van der Waals surface area contributed by atoms with E-state index in [1.54, 1.807) is 0 Å². The van der Waals surface area contributed by atoms with Crippen molar-refractivity contribution in [1.82, 2.24) is 0 Å². The summed E-state index contributed by atoms with van der Waals surface area (Å²) in [6.07, 6.45) is -4.53. The van der Waals surface area contributed by atoms with Crippen molar-refractivity contribution in [1.29, 1.82) is 0 Å². The van der Waals surface area contributed by atoms with Crippen molar-refractivity contribution < 1.29 is 30.0 Å². The van der Waals surface area contributed by atoms with Gasteiger partial charge < -0.3 is 20.4 Å². The first-order valence-corrected chi connectivity index (χ1v) is 2.28. The molecule has 0 heterocycles. The average molecular weight is 201 g/mol. The third-order valence-corrected chi connectivity index (χ3v) is 0.805. The van der Waals surface area contributed by atoms with Crippen LogP contribution in [-0.4, -0.2) is 104 Å². The normalized spacial score (nSPS) is 13.2. The van der Waals surface area contributed by atoms with E-state index in [1.165, 1.54) is 0 Å². The standard InChI is InChI=1S/C4H6O6.B.K.H/c5-1(3(7)8)2(6)4(9)10;;;/h1-2,5-6H,(H,7,8)(H,9,10);;;. The van der Waals surface area contributed by atoms with Crippen LogP contribution in [0, 0.1) is 0 Å². The van der Waals surface area contributed by atoms with Crippen LogP contribution in [-0.2, 0) is 9.59 Å². The molecule has 0 aliphatic heterocycles. The zero-order valence-corrected chi connectivity index (χ0v) is 5.34. The zero-order chi connectivity index (χ0) is 8.31. The molecule has 0 saturated heterocycles. The predicted octanol–water partition coefficient (Wildman–Crippen LogP) is -3.15. The number of aliphatic hydroxyl groups is 2. The third kappa shape index (κ3) is 6.12. The number of rotatable bonds is 3. The number of hydrogen-bond donors (Lipinski definition) is 4. The number of aliphatic hydroxyl groups excluding tert-OH is 2. The minimum atomic E-state index is -2.27. The molecule has 0 rings (SSSR count). The first-order valence-electron chi connectivity index (χ1n) is 2.28. The van der Waals surface area contributed by atoms with E-state index in [9.17, 15) is 9.59 Å². The molecular weight excluding hydrogens is 194 g/mol. The Morgan fingerprint density at radius 1 is 0.917 bits per heavy atom. The molecule has 0 aromatic heterocycles. The molecular formula is C4H7BKO6. The molecule has 2 atom stereocenters. The van der Waals surface area contributed by atoms with Crippen LogP contribution in [0.4, 0.5) is 0 Å². The molecule has 3 radical (unpaired) electrons. The quantitative estimate of drug-likeness (QED) is 0.358. The fourth-order valence-electron chi connectivity index (χ4n) is 0.270. The maximum absolute atomic E-state index is 9.77. The van der Waals surface area contributed by atoms with Crippen molar-refractivity contribution in [3.63, 3.8) is 0 Å². The zero-order valence-electron chi connectivity index (χ0n) is 5.34. The van der Waals surface area contributed by atoms with Gasteiger partial charge in [0.2, 0.25) is 0 Å². The molecule has 12 heavy (non-hydrogen) atoms. The van der Waals surface area contributed by atoms with Gasteiger partial charge >= 0.3 is 63.3 Å². The van der Waals surface area contributed by atoms with Crippen LogP contribution in [0.25, 0.3) is 0 Å². The number of carbonyl (C=O) groups is 2. The Morgan fingerprint density at radius 3 is 1.17 bits per heavy atom. The molecule has 0 aliphatic carbocycles. The Bertz CT molecular complexity index is 144. The number of carboxylic acid groups (broad SMARTS) is 2. The molecule has 8 heteroatoms. The van der Waals surface area contributed by atoms with Gasteiger partial charge in [-0.05, 0) is 0 Å². The summed E-state index contributed by atoms with van der Waals surface area (Å²) in [7, 11) is 0. The van der Waals surface area contributed by atoms with Gasteiger partial charge in [-0.15, -0.1) is 0 Å². The first-order chi connectivity index (χ1) is 4.46. The molecule has 0 aliphatic rings. The number of hydrogen-bond acceptors (Lipinski definition) is 4. The van der Waals surface area contributed by atoms with Gasteiger partial charge in [-0.1, -0.05) is 0 Å². The van der Waals surface area contributed by atoms with E-state index in [1.807, 2.05) is 0 Å². The molecule has 6 nitrogen and oxygen atoms in total. The van der Waals surface area contributed by atoms with Crippen molar-refractivity contribution in [2.45, 2.75) is 12.2 Å². The van der Waals surface area contributed by atoms with Crippen LogP contribution >= 0.6 is 0 Å². The van der Waals surface area contributed by atoms with E-state index in [-0.39, 0.29) is 59.8 Å². The van der Waals surface area contributed by atoms with Gasteiger partial charge in [0.1, 0.15) is 0 Å². The van der Waals surface area contributed by atoms with Crippen LogP contribution in [0.15, 0.2) is 0 Å². The van der Waals surface area contributed by atoms with Gasteiger partial charge in [-0.2, -0.15) is 0 Å². The van der Waals surface area contributed by atoms with Gasteiger partial charge in [-0.25, -0.2) is 9.59 Å². The van der Waals surface area contributed by atoms with E-state index < -0.39 is 24.1 Å². The molecule has 0 saturated carbocycles. The Kier molecular flexibility index (Phi) is 12.5. The van der Waals surface area contributed by atoms with Crippen LogP contribution in [0.5, 0.6) is 0 Å². The Morgan fingerprint density at radius 2 is 1.08 bits per heavy atom. The summed E-state index contributed by atoms with van der Waals surface area (Å²) < 4.78 is 0. The van der Waals surface area contributed by atoms with Gasteiger partial charge in [0, 0.05) is 8.41 Å². The Balaban J connectivity index is -0.000000405. The van der Waals surface area contributed by atoms with Crippen LogP contribution < -0.4 is 0 Å². The summed E-state index contributed by atoms with van der Waals surface area (Å²) in [6, 6.07) is 0. The molecule has 0 aromatic carbocycles. The van der Waals surface area contributed by atoms with E-state index >= 15 is 0 Å². The first kappa shape index (κ1) is 18.4. The summed E-state index contributed by atoms with van der Waals surface area (Å²) in [4.78, 5) is 19.5. The molecule has 0 fully saturated rings. The fraction of sp³-hybridized carbons (Fsp3) is 0.500. The molecule has 4 N–H and O–H groups in total. The van der Waals surface area contributed by atoms with Gasteiger partial charge in [-0.3, -0.25) is 0 Å². The number of aliphatic carboxylic acids is 2. The van der Waals surface area contributed by atoms with Crippen molar-refractivity contribution >= 4 is 71.7 Å². The summed E-state index contributed by atoms with van der Waals surface area (Å²) in [6.45, 7) is 0. The predicted molar refractivity (Wildman–Crippen MR) is 40.2 cm³/mol. The van der Waals surface area contributed by atoms with E-state index in [0.29, 0.717) is 0 Å². The van der Waals surface area contributed by atoms with Crippen molar-refractivity contribution in [3.05, 3.63) is 0 Å². The molecule has 0 bridgehead atoms. The second-order valence-corrected chi connectivity index (χ2v) is 1.57. The monoisotopic (exact) mass is 201 g/mol. The van der Waals surface area contributed by atoms with Crippen molar-refractivity contribution in [2.24, 2.45) is 0 Å². The van der Waals surface area contributed by atoms with Crippen LogP contribution in [0.3, 0.4) is 0 Å². The topological polar surface area (TPSA) is 115 Å². The van der Waals surface area contributed by atoms with Crippen LogP contribution in [0.2, 0.25) is 0 Å². The molecule has 0 spiro atoms. The Hall–Kier alpha value is 0.561. The maximum atomic E-state index is 9.77. The fourth-order valence-corrected chi connectivity index (χ4v) is 0.270. The molecule has 2 unspecified atom stereocenters. The van der Waals surface area contributed by atoms with Gasteiger partial charge in [0.05, 0.1) is 0 Å². The van der Waals surface area contributed by atoms with Gasteiger partial charge in [0.25, 0.3) is 0 Å². The van der Waals surface area contributed by atoms with Gasteiger partial charge in [0.15, 0.2) is 12.2 Å². The van der Waals surface area contributed by atoms with Crippen molar-refractivity contribution in [2.75, 3.05) is 0 Å². The van der Waals surface area contributed by atoms with E-state index in [4.69, 9.17) is 20.4 Å². The SMILES string of the molecule is O=C(O)C(O)C(O)C(=O)O.[B].[KH]. The minimum absolute atomic E-state index is 0. The van der Waals surface area contributed by atoms with E-state index in [2.05, 4.69) is 0 Å². The number of carboxylic acids is 2. The summed E-state index contributed by atoms with van der Waals surface area (Å²) in [5, 5.41) is 32.5. The second-order valence-electron chi connectivity index (χ2n) is 1.57. The third-order valence-electron chi connectivity index (χ3n) is 0.805. The summed E-state index contributed by atoms with van der Waals surface area (Å²) in [5.41, 5.74) is 0. The second kappa shape index (κ2) is 8.17. The van der Waals surface area contributed by atoms with E-state index in [0.717, 1.165) is 0 Å². The van der Waals surface area contributed by atoms with Crippen LogP contribution in [0.1, 0.15) is 0 Å². The molecule has 0 aromatic rings. The molecule has 0 amide bonds. The average Bonchev–Trinajstić information content (AvgIpc) is 1.84.